The molecule has 0 radical (unpaired) electrons. The number of fused-ring (bicyclic) bond motifs is 1. The summed E-state index contributed by atoms with van der Waals surface area (Å²) in [5.41, 5.74) is 4.09. The Morgan fingerprint density at radius 1 is 0.906 bits per heavy atom. The Morgan fingerprint density at radius 3 is 2.34 bits per heavy atom. The molecule has 6 heteroatoms. The van der Waals surface area contributed by atoms with Crippen molar-refractivity contribution in [1.82, 2.24) is 9.55 Å². The predicted molar refractivity (Wildman–Crippen MR) is 128 cm³/mol. The van der Waals surface area contributed by atoms with Crippen LogP contribution in [0.15, 0.2) is 60.7 Å². The number of aryl methyl sites for hydroxylation is 3. The number of ether oxygens (including phenoxy) is 3. The summed E-state index contributed by atoms with van der Waals surface area (Å²) in [6, 6.07) is 19.7. The van der Waals surface area contributed by atoms with E-state index < -0.39 is 0 Å². The lowest BCUT2D eigenvalue weighted by Crippen LogP contribution is -2.10. The fraction of sp³-hybridized carbons (Fsp3) is 0.269. The minimum Gasteiger partial charge on any atom is -0.494 e. The van der Waals surface area contributed by atoms with E-state index in [1.165, 1.54) is 0 Å². The monoisotopic (exact) mass is 450 g/mol. The number of halogens is 1. The molecule has 5 nitrogen and oxygen atoms in total. The number of methoxy groups -OCH3 is 1. The maximum Gasteiger partial charge on any atom is 0.161 e. The fourth-order valence-electron chi connectivity index (χ4n) is 3.77. The van der Waals surface area contributed by atoms with Crippen molar-refractivity contribution in [2.75, 3.05) is 13.7 Å². The van der Waals surface area contributed by atoms with Crippen molar-refractivity contribution in [3.8, 4) is 17.2 Å². The molecule has 4 rings (SSSR count). The number of aromatic nitrogens is 2. The minimum atomic E-state index is 0.353. The highest BCUT2D eigenvalue weighted by Crippen LogP contribution is 2.28. The fourth-order valence-corrected chi connectivity index (χ4v) is 3.88. The molecule has 0 fully saturated rings. The van der Waals surface area contributed by atoms with E-state index in [2.05, 4.69) is 10.6 Å². The minimum absolute atomic E-state index is 0.353. The van der Waals surface area contributed by atoms with Gasteiger partial charge in [0.25, 0.3) is 0 Å². The molecule has 1 heterocycles. The number of imidazole rings is 1. The Morgan fingerprint density at radius 2 is 1.59 bits per heavy atom. The average Bonchev–Trinajstić information content (AvgIpc) is 3.16. The highest BCUT2D eigenvalue weighted by molar-refractivity contribution is 6.32. The van der Waals surface area contributed by atoms with Crippen LogP contribution in [0.25, 0.3) is 11.0 Å². The summed E-state index contributed by atoms with van der Waals surface area (Å²) in [4.78, 5) is 4.79. The Balaban J connectivity index is 1.45. The van der Waals surface area contributed by atoms with Gasteiger partial charge < -0.3 is 18.8 Å². The van der Waals surface area contributed by atoms with Crippen molar-refractivity contribution < 1.29 is 14.2 Å². The van der Waals surface area contributed by atoms with Crippen LogP contribution in [0.1, 0.15) is 23.4 Å². The van der Waals surface area contributed by atoms with Crippen LogP contribution < -0.4 is 14.2 Å². The van der Waals surface area contributed by atoms with Crippen LogP contribution in [0, 0.1) is 13.8 Å². The molecule has 0 N–H and O–H groups in total. The van der Waals surface area contributed by atoms with E-state index in [1.54, 1.807) is 7.11 Å². The van der Waals surface area contributed by atoms with E-state index in [-0.39, 0.29) is 0 Å². The Kier molecular flexibility index (Phi) is 6.86. The first-order chi connectivity index (χ1) is 15.6. The molecule has 0 spiro atoms. The van der Waals surface area contributed by atoms with Crippen molar-refractivity contribution in [2.45, 2.75) is 33.4 Å². The summed E-state index contributed by atoms with van der Waals surface area (Å²) >= 11 is 6.26. The third kappa shape index (κ3) is 4.83. The number of hydrogen-bond acceptors (Lipinski definition) is 4. The molecular weight excluding hydrogens is 424 g/mol. The van der Waals surface area contributed by atoms with Gasteiger partial charge >= 0.3 is 0 Å². The van der Waals surface area contributed by atoms with Gasteiger partial charge in [-0.2, -0.15) is 0 Å². The van der Waals surface area contributed by atoms with Crippen LogP contribution in [-0.2, 0) is 13.2 Å². The SMILES string of the molecule is COc1ccccc1OCc1nc2ccccc2n1CCCOc1cc(C)c(Cl)c(C)c1. The average molecular weight is 451 g/mol. The highest BCUT2D eigenvalue weighted by atomic mass is 35.5. The Hall–Kier alpha value is -3.18. The van der Waals surface area contributed by atoms with E-state index in [4.69, 9.17) is 30.8 Å². The van der Waals surface area contributed by atoms with Crippen LogP contribution in [0.3, 0.4) is 0 Å². The van der Waals surface area contributed by atoms with E-state index in [0.29, 0.717) is 24.7 Å². The lowest BCUT2D eigenvalue weighted by Gasteiger charge is -2.13. The zero-order valence-corrected chi connectivity index (χ0v) is 19.4. The van der Waals surface area contributed by atoms with Crippen molar-refractivity contribution in [1.29, 1.82) is 0 Å². The van der Waals surface area contributed by atoms with Gasteiger partial charge in [0, 0.05) is 11.6 Å². The molecule has 0 aliphatic heterocycles. The van der Waals surface area contributed by atoms with Gasteiger partial charge in [-0.15, -0.1) is 0 Å². The van der Waals surface area contributed by atoms with E-state index in [0.717, 1.165) is 51.7 Å². The Bertz CT molecular complexity index is 1200. The molecule has 32 heavy (non-hydrogen) atoms. The number of para-hydroxylation sites is 4. The normalized spacial score (nSPS) is 11.0. The number of rotatable bonds is 9. The zero-order chi connectivity index (χ0) is 22.5. The van der Waals surface area contributed by atoms with Gasteiger partial charge in [0.2, 0.25) is 0 Å². The summed E-state index contributed by atoms with van der Waals surface area (Å²) in [5.74, 6) is 3.12. The lowest BCUT2D eigenvalue weighted by molar-refractivity contribution is 0.267. The second kappa shape index (κ2) is 9.96. The van der Waals surface area contributed by atoms with Gasteiger partial charge in [-0.1, -0.05) is 35.9 Å². The number of nitrogens with zero attached hydrogens (tertiary/aromatic N) is 2. The molecule has 0 amide bonds. The van der Waals surface area contributed by atoms with Crippen LogP contribution in [0.2, 0.25) is 5.02 Å². The molecule has 4 aromatic rings. The maximum absolute atomic E-state index is 6.26. The zero-order valence-electron chi connectivity index (χ0n) is 18.6. The highest BCUT2D eigenvalue weighted by Gasteiger charge is 2.12. The topological polar surface area (TPSA) is 45.5 Å². The predicted octanol–water partition coefficient (Wildman–Crippen LogP) is 6.36. The van der Waals surface area contributed by atoms with Crippen LogP contribution in [0.4, 0.5) is 0 Å². The maximum atomic E-state index is 6.26. The van der Waals surface area contributed by atoms with E-state index >= 15 is 0 Å². The lowest BCUT2D eigenvalue weighted by atomic mass is 10.1. The largest absolute Gasteiger partial charge is 0.494 e. The number of hydrogen-bond donors (Lipinski definition) is 0. The molecule has 166 valence electrons. The van der Waals surface area contributed by atoms with Crippen molar-refractivity contribution in [2.24, 2.45) is 0 Å². The van der Waals surface area contributed by atoms with Gasteiger partial charge in [-0.25, -0.2) is 4.98 Å². The van der Waals surface area contributed by atoms with E-state index in [9.17, 15) is 0 Å². The molecule has 0 aliphatic rings. The van der Waals surface area contributed by atoms with E-state index in [1.807, 2.05) is 68.4 Å². The first kappa shape index (κ1) is 22.0. The molecule has 0 atom stereocenters. The van der Waals surface area contributed by atoms with Crippen LogP contribution in [-0.4, -0.2) is 23.3 Å². The third-order valence-corrected chi connectivity index (χ3v) is 5.96. The summed E-state index contributed by atoms with van der Waals surface area (Å²) in [6.07, 6.45) is 0.836. The van der Waals surface area contributed by atoms with Gasteiger partial charge in [-0.3, -0.25) is 0 Å². The van der Waals surface area contributed by atoms with Gasteiger partial charge in [0.1, 0.15) is 18.2 Å². The van der Waals surface area contributed by atoms with Crippen molar-refractivity contribution in [3.63, 3.8) is 0 Å². The smallest absolute Gasteiger partial charge is 0.161 e. The summed E-state index contributed by atoms with van der Waals surface area (Å²) in [6.45, 7) is 5.71. The second-order valence-electron chi connectivity index (χ2n) is 7.68. The molecule has 0 saturated carbocycles. The summed E-state index contributed by atoms with van der Waals surface area (Å²) in [7, 11) is 1.64. The van der Waals surface area contributed by atoms with Crippen LogP contribution >= 0.6 is 11.6 Å². The molecule has 1 aromatic heterocycles. The molecule has 0 aliphatic carbocycles. The molecule has 0 saturated heterocycles. The first-order valence-corrected chi connectivity index (χ1v) is 11.0. The summed E-state index contributed by atoms with van der Waals surface area (Å²) < 4.78 is 19.6. The molecule has 3 aromatic carbocycles. The van der Waals surface area contributed by atoms with Gasteiger partial charge in [0.15, 0.2) is 11.5 Å². The standard InChI is InChI=1S/C26H27ClN2O3/c1-18-15-20(16-19(2)26(18)27)31-14-8-13-29-22-10-5-4-9-21(22)28-25(29)17-32-24-12-7-6-11-23(24)30-3/h4-7,9-12,15-16H,8,13-14,17H2,1-3H3. The van der Waals surface area contributed by atoms with Gasteiger partial charge in [-0.05, 0) is 67.8 Å². The molecule has 0 unspecified atom stereocenters. The quantitative estimate of drug-likeness (QED) is 0.278. The third-order valence-electron chi connectivity index (χ3n) is 5.36. The van der Waals surface area contributed by atoms with Crippen molar-refractivity contribution >= 4 is 22.6 Å². The van der Waals surface area contributed by atoms with Gasteiger partial charge in [0.05, 0.1) is 24.8 Å². The molecule has 0 bridgehead atoms. The second-order valence-corrected chi connectivity index (χ2v) is 8.06. The summed E-state index contributed by atoms with van der Waals surface area (Å²) in [5, 5.41) is 0.793. The first-order valence-electron chi connectivity index (χ1n) is 10.7. The molecular formula is C26H27ClN2O3. The Labute approximate surface area is 193 Å². The van der Waals surface area contributed by atoms with Crippen molar-refractivity contribution in [3.05, 3.63) is 82.6 Å². The number of benzene rings is 3. The van der Waals surface area contributed by atoms with Crippen LogP contribution in [0.5, 0.6) is 17.2 Å².